The Morgan fingerprint density at radius 1 is 1.24 bits per heavy atom. The molecule has 0 bridgehead atoms. The molecule has 1 aromatic carbocycles. The summed E-state index contributed by atoms with van der Waals surface area (Å²) in [7, 11) is 0. The summed E-state index contributed by atoms with van der Waals surface area (Å²) >= 11 is 0. The minimum Gasteiger partial charge on any atom is -0.478 e. The third kappa shape index (κ3) is 3.65. The summed E-state index contributed by atoms with van der Waals surface area (Å²) in [5.41, 5.74) is 1.75. The van der Waals surface area contributed by atoms with E-state index in [1.165, 1.54) is 0 Å². The zero-order valence-corrected chi connectivity index (χ0v) is 15.6. The highest BCUT2D eigenvalue weighted by Crippen LogP contribution is 2.35. The van der Waals surface area contributed by atoms with Crippen molar-refractivity contribution in [2.45, 2.75) is 46.6 Å². The molecule has 1 saturated heterocycles. The minimum absolute atomic E-state index is 0.0240. The van der Waals surface area contributed by atoms with E-state index >= 15 is 0 Å². The number of likely N-dealkylation sites (tertiary alicyclic amines) is 1. The van der Waals surface area contributed by atoms with Crippen molar-refractivity contribution in [2.24, 2.45) is 11.8 Å². The fourth-order valence-electron chi connectivity index (χ4n) is 3.96. The van der Waals surface area contributed by atoms with Crippen molar-refractivity contribution in [3.8, 4) is 5.75 Å². The highest BCUT2D eigenvalue weighted by molar-refractivity contribution is 6.03. The van der Waals surface area contributed by atoms with E-state index in [-0.39, 0.29) is 18.4 Å². The van der Waals surface area contributed by atoms with Gasteiger partial charge in [-0.2, -0.15) is 0 Å². The van der Waals surface area contributed by atoms with Crippen LogP contribution in [-0.4, -0.2) is 42.5 Å². The molecule has 2 aliphatic heterocycles. The summed E-state index contributed by atoms with van der Waals surface area (Å²) < 4.78 is 5.82. The molecular formula is C20H28N2O3. The first-order valence-electron chi connectivity index (χ1n) is 9.25. The number of carbonyl (C=O) groups excluding carboxylic acids is 2. The van der Waals surface area contributed by atoms with Crippen LogP contribution in [0.15, 0.2) is 18.2 Å². The topological polar surface area (TPSA) is 49.9 Å². The third-order valence-corrected chi connectivity index (χ3v) is 5.10. The lowest BCUT2D eigenvalue weighted by Crippen LogP contribution is -2.52. The molecule has 1 aromatic rings. The van der Waals surface area contributed by atoms with E-state index < -0.39 is 6.10 Å². The predicted molar refractivity (Wildman–Crippen MR) is 97.8 cm³/mol. The Morgan fingerprint density at radius 2 is 1.92 bits per heavy atom. The number of ether oxygens (including phenoxy) is 1. The van der Waals surface area contributed by atoms with Crippen molar-refractivity contribution in [3.63, 3.8) is 0 Å². The number of aryl methyl sites for hydroxylation is 1. The zero-order chi connectivity index (χ0) is 18.1. The Balaban J connectivity index is 1.83. The van der Waals surface area contributed by atoms with Crippen LogP contribution in [0.4, 0.5) is 5.69 Å². The van der Waals surface area contributed by atoms with Crippen LogP contribution < -0.4 is 9.64 Å². The fourth-order valence-corrected chi connectivity index (χ4v) is 3.96. The van der Waals surface area contributed by atoms with Gasteiger partial charge in [-0.25, -0.2) is 0 Å². The molecular weight excluding hydrogens is 316 g/mol. The van der Waals surface area contributed by atoms with Crippen molar-refractivity contribution in [1.82, 2.24) is 4.90 Å². The van der Waals surface area contributed by atoms with Gasteiger partial charge in [0.15, 0.2) is 6.10 Å². The van der Waals surface area contributed by atoms with Gasteiger partial charge >= 0.3 is 0 Å². The van der Waals surface area contributed by atoms with Crippen molar-refractivity contribution in [1.29, 1.82) is 0 Å². The first-order chi connectivity index (χ1) is 11.9. The van der Waals surface area contributed by atoms with Crippen LogP contribution >= 0.6 is 0 Å². The van der Waals surface area contributed by atoms with Gasteiger partial charge < -0.3 is 9.64 Å². The summed E-state index contributed by atoms with van der Waals surface area (Å²) in [5.74, 6) is 1.60. The van der Waals surface area contributed by atoms with Gasteiger partial charge in [0.05, 0.1) is 5.69 Å². The van der Waals surface area contributed by atoms with Gasteiger partial charge in [0.1, 0.15) is 12.3 Å². The second kappa shape index (κ2) is 7.06. The molecule has 2 heterocycles. The highest BCUT2D eigenvalue weighted by atomic mass is 16.5. The van der Waals surface area contributed by atoms with Gasteiger partial charge in [-0.05, 0) is 49.3 Å². The zero-order valence-electron chi connectivity index (χ0n) is 15.6. The average molecular weight is 344 g/mol. The highest BCUT2D eigenvalue weighted by Gasteiger charge is 2.36. The molecule has 5 nitrogen and oxygen atoms in total. The Hall–Kier alpha value is -2.04. The van der Waals surface area contributed by atoms with Gasteiger partial charge in [0.25, 0.3) is 5.91 Å². The number of carbonyl (C=O) groups is 2. The molecule has 0 N–H and O–H groups in total. The number of piperidine rings is 1. The fraction of sp³-hybridized carbons (Fsp3) is 0.600. The molecule has 1 fully saturated rings. The number of amides is 2. The van der Waals surface area contributed by atoms with E-state index in [1.54, 1.807) is 4.90 Å². The SMILES string of the molecule is CC[C@@H]1Oc2ccc(C)cc2N(CC(=O)N2C[C@H](C)C[C@H](C)C2)C1=O. The molecule has 3 rings (SSSR count). The summed E-state index contributed by atoms with van der Waals surface area (Å²) in [4.78, 5) is 29.2. The van der Waals surface area contributed by atoms with Crippen LogP contribution in [0, 0.1) is 18.8 Å². The Kier molecular flexibility index (Phi) is 5.02. The average Bonchev–Trinajstić information content (AvgIpc) is 2.56. The molecule has 2 amide bonds. The Labute approximate surface area is 149 Å². The number of benzene rings is 1. The molecule has 0 unspecified atom stereocenters. The van der Waals surface area contributed by atoms with E-state index in [0.29, 0.717) is 29.7 Å². The van der Waals surface area contributed by atoms with Gasteiger partial charge in [-0.15, -0.1) is 0 Å². The molecule has 0 radical (unpaired) electrons. The van der Waals surface area contributed by atoms with Crippen LogP contribution in [0.1, 0.15) is 39.2 Å². The largest absolute Gasteiger partial charge is 0.478 e. The van der Waals surface area contributed by atoms with Crippen LogP contribution in [0.5, 0.6) is 5.75 Å². The molecule has 3 atom stereocenters. The second-order valence-electron chi connectivity index (χ2n) is 7.66. The molecule has 0 aromatic heterocycles. The van der Waals surface area contributed by atoms with Gasteiger partial charge in [0, 0.05) is 13.1 Å². The molecule has 0 saturated carbocycles. The predicted octanol–water partition coefficient (Wildman–Crippen LogP) is 3.00. The van der Waals surface area contributed by atoms with Crippen molar-refractivity contribution in [3.05, 3.63) is 23.8 Å². The summed E-state index contributed by atoms with van der Waals surface area (Å²) in [5, 5.41) is 0. The monoisotopic (exact) mass is 344 g/mol. The van der Waals surface area contributed by atoms with Gasteiger partial charge in [-0.3, -0.25) is 14.5 Å². The molecule has 0 spiro atoms. The quantitative estimate of drug-likeness (QED) is 0.847. The first kappa shape index (κ1) is 17.8. The second-order valence-corrected chi connectivity index (χ2v) is 7.66. The molecule has 5 heteroatoms. The number of nitrogens with zero attached hydrogens (tertiary/aromatic N) is 2. The van der Waals surface area contributed by atoms with E-state index in [4.69, 9.17) is 4.74 Å². The van der Waals surface area contributed by atoms with Crippen LogP contribution in [0.3, 0.4) is 0 Å². The summed E-state index contributed by atoms with van der Waals surface area (Å²) in [6.07, 6.45) is 1.23. The minimum atomic E-state index is -0.512. The lowest BCUT2D eigenvalue weighted by molar-refractivity contribution is -0.135. The Bertz CT molecular complexity index is 663. The number of fused-ring (bicyclic) bond motifs is 1. The summed E-state index contributed by atoms with van der Waals surface area (Å²) in [6, 6.07) is 5.78. The van der Waals surface area contributed by atoms with Crippen molar-refractivity contribution in [2.75, 3.05) is 24.5 Å². The lowest BCUT2D eigenvalue weighted by atomic mass is 9.92. The first-order valence-corrected chi connectivity index (χ1v) is 9.25. The van der Waals surface area contributed by atoms with Crippen LogP contribution in [0.25, 0.3) is 0 Å². The molecule has 0 aliphatic carbocycles. The van der Waals surface area contributed by atoms with Crippen LogP contribution in [0.2, 0.25) is 0 Å². The third-order valence-electron chi connectivity index (χ3n) is 5.10. The number of anilines is 1. The maximum Gasteiger partial charge on any atom is 0.268 e. The normalized spacial score (nSPS) is 26.2. The summed E-state index contributed by atoms with van der Waals surface area (Å²) in [6.45, 7) is 9.91. The number of hydrogen-bond donors (Lipinski definition) is 0. The van der Waals surface area contributed by atoms with E-state index in [9.17, 15) is 9.59 Å². The van der Waals surface area contributed by atoms with E-state index in [0.717, 1.165) is 25.1 Å². The molecule has 25 heavy (non-hydrogen) atoms. The van der Waals surface area contributed by atoms with Crippen molar-refractivity contribution < 1.29 is 14.3 Å². The maximum absolute atomic E-state index is 12.9. The lowest BCUT2D eigenvalue weighted by Gasteiger charge is -2.38. The molecule has 136 valence electrons. The Morgan fingerprint density at radius 3 is 2.56 bits per heavy atom. The van der Waals surface area contributed by atoms with E-state index in [1.807, 2.05) is 36.9 Å². The van der Waals surface area contributed by atoms with Crippen LogP contribution in [-0.2, 0) is 9.59 Å². The van der Waals surface area contributed by atoms with E-state index in [2.05, 4.69) is 13.8 Å². The van der Waals surface area contributed by atoms with Crippen molar-refractivity contribution >= 4 is 17.5 Å². The molecule has 2 aliphatic rings. The van der Waals surface area contributed by atoms with Gasteiger partial charge in [0.2, 0.25) is 5.91 Å². The maximum atomic E-state index is 12.9. The number of hydrogen-bond acceptors (Lipinski definition) is 3. The van der Waals surface area contributed by atoms with Gasteiger partial charge in [-0.1, -0.05) is 26.8 Å². The standard InChI is InChI=1S/C20H28N2O3/c1-5-17-20(24)22(16-9-13(2)6-7-18(16)25-17)12-19(23)21-10-14(3)8-15(4)11-21/h6-7,9,14-15,17H,5,8,10-12H2,1-4H3/t14-,15+,17-/m0/s1. The smallest absolute Gasteiger partial charge is 0.268 e. The number of rotatable bonds is 3.